The molecule has 0 amide bonds. The second kappa shape index (κ2) is 11.0. The van der Waals surface area contributed by atoms with Crippen molar-refractivity contribution in [3.63, 3.8) is 0 Å². The standard InChI is InChI=1S/C10H24N2O6S2.2ClH/c1-11(2)7-9(17-19(5,13)14)10(8-12(3)4)18-20(6,15)16;;/h9-10H,7-8H2,1-6H3;2*1H/t9-,10-;;/m0../s1. The summed E-state index contributed by atoms with van der Waals surface area (Å²) in [7, 11) is -0.539. The average molecular weight is 405 g/mol. The van der Waals surface area contributed by atoms with Gasteiger partial charge in [0.25, 0.3) is 20.2 Å². The molecule has 8 nitrogen and oxygen atoms in total. The molecule has 0 aliphatic rings. The largest absolute Gasteiger partial charge is 0.307 e. The molecule has 0 aliphatic carbocycles. The zero-order chi connectivity index (χ0) is 16.1. The van der Waals surface area contributed by atoms with E-state index in [1.807, 2.05) is 0 Å². The fourth-order valence-corrected chi connectivity index (χ4v) is 2.86. The van der Waals surface area contributed by atoms with Gasteiger partial charge in [-0.1, -0.05) is 0 Å². The maximum atomic E-state index is 11.3. The minimum atomic E-state index is -3.73. The molecular weight excluding hydrogens is 379 g/mol. The summed E-state index contributed by atoms with van der Waals surface area (Å²) in [4.78, 5) is 3.40. The molecular formula is C10H26Cl2N2O6S2. The number of halogens is 2. The lowest BCUT2D eigenvalue weighted by molar-refractivity contribution is 0.0320. The number of hydrogen-bond donors (Lipinski definition) is 0. The highest BCUT2D eigenvalue weighted by Crippen LogP contribution is 2.12. The molecule has 0 heterocycles. The molecule has 0 aromatic heterocycles. The molecule has 0 unspecified atom stereocenters. The minimum Gasteiger partial charge on any atom is -0.307 e. The number of likely N-dealkylation sites (N-methyl/N-ethyl adjacent to an activating group) is 2. The quantitative estimate of drug-likeness (QED) is 0.481. The summed E-state index contributed by atoms with van der Waals surface area (Å²) < 4.78 is 55.2. The summed E-state index contributed by atoms with van der Waals surface area (Å²) >= 11 is 0. The number of nitrogens with zero attached hydrogens (tertiary/aromatic N) is 2. The maximum Gasteiger partial charge on any atom is 0.264 e. The van der Waals surface area contributed by atoms with Gasteiger partial charge in [0.2, 0.25) is 0 Å². The molecule has 0 spiro atoms. The molecule has 12 heteroatoms. The van der Waals surface area contributed by atoms with Gasteiger partial charge in [-0.2, -0.15) is 16.8 Å². The van der Waals surface area contributed by atoms with Crippen LogP contribution >= 0.6 is 24.8 Å². The van der Waals surface area contributed by atoms with Crippen molar-refractivity contribution in [1.82, 2.24) is 9.80 Å². The second-order valence-corrected chi connectivity index (χ2v) is 8.40. The van der Waals surface area contributed by atoms with Gasteiger partial charge in [0.15, 0.2) is 0 Å². The molecule has 0 fully saturated rings. The Bertz CT molecular complexity index is 450. The van der Waals surface area contributed by atoms with Crippen LogP contribution in [0, 0.1) is 0 Å². The lowest BCUT2D eigenvalue weighted by atomic mass is 10.2. The van der Waals surface area contributed by atoms with Crippen LogP contribution in [0.5, 0.6) is 0 Å². The Labute approximate surface area is 146 Å². The van der Waals surface area contributed by atoms with Crippen molar-refractivity contribution in [2.24, 2.45) is 0 Å². The molecule has 0 aliphatic heterocycles. The van der Waals surface area contributed by atoms with Crippen LogP contribution in [0.4, 0.5) is 0 Å². The predicted molar refractivity (Wildman–Crippen MR) is 91.0 cm³/mol. The van der Waals surface area contributed by atoms with Crippen molar-refractivity contribution in [3.8, 4) is 0 Å². The SMILES string of the molecule is CN(C)C[C@H](OS(C)(=O)=O)[C@H](CN(C)C)OS(C)(=O)=O.Cl.Cl. The zero-order valence-electron chi connectivity index (χ0n) is 13.5. The predicted octanol–water partition coefficient (Wildman–Crippen LogP) is -0.357. The number of hydrogen-bond acceptors (Lipinski definition) is 8. The summed E-state index contributed by atoms with van der Waals surface area (Å²) in [6, 6.07) is 0. The third-order valence-electron chi connectivity index (χ3n) is 2.10. The van der Waals surface area contributed by atoms with Crippen LogP contribution in [-0.2, 0) is 28.6 Å². The first kappa shape index (κ1) is 27.2. The first-order valence-electron chi connectivity index (χ1n) is 5.86. The van der Waals surface area contributed by atoms with E-state index in [-0.39, 0.29) is 37.9 Å². The van der Waals surface area contributed by atoms with E-state index in [4.69, 9.17) is 8.37 Å². The highest BCUT2D eigenvalue weighted by molar-refractivity contribution is 7.86. The monoisotopic (exact) mass is 404 g/mol. The molecule has 138 valence electrons. The first-order valence-corrected chi connectivity index (χ1v) is 9.49. The molecule has 0 aromatic carbocycles. The van der Waals surface area contributed by atoms with Crippen LogP contribution in [0.25, 0.3) is 0 Å². The van der Waals surface area contributed by atoms with E-state index in [0.717, 1.165) is 12.5 Å². The van der Waals surface area contributed by atoms with Gasteiger partial charge in [0, 0.05) is 13.1 Å². The van der Waals surface area contributed by atoms with Crippen molar-refractivity contribution in [2.45, 2.75) is 12.2 Å². The summed E-state index contributed by atoms with van der Waals surface area (Å²) in [5.41, 5.74) is 0. The Hall–Kier alpha value is 0.320. The van der Waals surface area contributed by atoms with E-state index < -0.39 is 32.4 Å². The van der Waals surface area contributed by atoms with Crippen molar-refractivity contribution in [2.75, 3.05) is 53.8 Å². The zero-order valence-corrected chi connectivity index (χ0v) is 16.8. The Kier molecular flexibility index (Phi) is 13.6. The third kappa shape index (κ3) is 15.2. The van der Waals surface area contributed by atoms with Crippen LogP contribution in [-0.4, -0.2) is 92.6 Å². The molecule has 0 bridgehead atoms. The fraction of sp³-hybridized carbons (Fsp3) is 1.00. The Morgan fingerprint density at radius 3 is 1.09 bits per heavy atom. The van der Waals surface area contributed by atoms with Gasteiger partial charge >= 0.3 is 0 Å². The van der Waals surface area contributed by atoms with Gasteiger partial charge in [0.05, 0.1) is 12.5 Å². The molecule has 0 N–H and O–H groups in total. The van der Waals surface area contributed by atoms with E-state index in [2.05, 4.69) is 0 Å². The molecule has 0 saturated carbocycles. The topological polar surface area (TPSA) is 93.2 Å². The summed E-state index contributed by atoms with van der Waals surface area (Å²) in [6.07, 6.45) is 0.000283. The van der Waals surface area contributed by atoms with Crippen molar-refractivity contribution in [3.05, 3.63) is 0 Å². The summed E-state index contributed by atoms with van der Waals surface area (Å²) in [6.45, 7) is 0.419. The summed E-state index contributed by atoms with van der Waals surface area (Å²) in [5, 5.41) is 0. The average Bonchev–Trinajstić information content (AvgIpc) is 2.09. The Balaban J connectivity index is -0.00000180. The van der Waals surface area contributed by atoms with Gasteiger partial charge in [0.1, 0.15) is 12.2 Å². The summed E-state index contributed by atoms with van der Waals surface area (Å²) in [5.74, 6) is 0. The van der Waals surface area contributed by atoms with Crippen molar-refractivity contribution >= 4 is 45.1 Å². The fourth-order valence-electron chi connectivity index (χ4n) is 1.59. The van der Waals surface area contributed by atoms with E-state index >= 15 is 0 Å². The Morgan fingerprint density at radius 1 is 0.727 bits per heavy atom. The van der Waals surface area contributed by atoms with Gasteiger partial charge < -0.3 is 9.80 Å². The molecule has 0 radical (unpaired) electrons. The Morgan fingerprint density at radius 2 is 0.955 bits per heavy atom. The van der Waals surface area contributed by atoms with E-state index in [0.29, 0.717) is 0 Å². The lowest BCUT2D eigenvalue weighted by Gasteiger charge is -2.29. The van der Waals surface area contributed by atoms with Crippen LogP contribution < -0.4 is 0 Å². The minimum absolute atomic E-state index is 0. The highest BCUT2D eigenvalue weighted by Gasteiger charge is 2.30. The molecule has 22 heavy (non-hydrogen) atoms. The maximum absolute atomic E-state index is 11.3. The second-order valence-electron chi connectivity index (χ2n) is 5.20. The van der Waals surface area contributed by atoms with Gasteiger partial charge in [-0.15, -0.1) is 24.8 Å². The van der Waals surface area contributed by atoms with E-state index in [1.165, 1.54) is 0 Å². The molecule has 0 aromatic rings. The van der Waals surface area contributed by atoms with Crippen LogP contribution in [0.15, 0.2) is 0 Å². The molecule has 0 rings (SSSR count). The first-order chi connectivity index (χ1) is 8.80. The van der Waals surface area contributed by atoms with E-state index in [1.54, 1.807) is 38.0 Å². The van der Waals surface area contributed by atoms with Gasteiger partial charge in [-0.25, -0.2) is 0 Å². The lowest BCUT2D eigenvalue weighted by Crippen LogP contribution is -2.46. The normalized spacial score (nSPS) is 15.1. The van der Waals surface area contributed by atoms with E-state index in [9.17, 15) is 16.8 Å². The highest BCUT2D eigenvalue weighted by atomic mass is 35.5. The number of rotatable bonds is 9. The van der Waals surface area contributed by atoms with Gasteiger partial charge in [-0.05, 0) is 28.2 Å². The van der Waals surface area contributed by atoms with Crippen LogP contribution in [0.3, 0.4) is 0 Å². The van der Waals surface area contributed by atoms with Crippen molar-refractivity contribution < 1.29 is 25.2 Å². The smallest absolute Gasteiger partial charge is 0.264 e. The van der Waals surface area contributed by atoms with Crippen molar-refractivity contribution in [1.29, 1.82) is 0 Å². The molecule has 2 atom stereocenters. The third-order valence-corrected chi connectivity index (χ3v) is 3.30. The molecule has 0 saturated heterocycles. The van der Waals surface area contributed by atoms with Crippen LogP contribution in [0.1, 0.15) is 0 Å². The van der Waals surface area contributed by atoms with Gasteiger partial charge in [-0.3, -0.25) is 8.37 Å². The van der Waals surface area contributed by atoms with Crippen LogP contribution in [0.2, 0.25) is 0 Å².